The van der Waals surface area contributed by atoms with Gasteiger partial charge < -0.3 is 5.11 Å². The number of benzene rings is 2. The fourth-order valence-electron chi connectivity index (χ4n) is 2.42. The summed E-state index contributed by atoms with van der Waals surface area (Å²) in [4.78, 5) is 11.0. The van der Waals surface area contributed by atoms with Crippen LogP contribution in [0.15, 0.2) is 42.5 Å². The highest BCUT2D eigenvalue weighted by molar-refractivity contribution is 6.31. The average Bonchev–Trinajstić information content (AvgIpc) is 2.56. The molecule has 3 nitrogen and oxygen atoms in total. The Morgan fingerprint density at radius 3 is 2.50 bits per heavy atom. The molecular weight excluding hydrogens is 367 g/mol. The number of nitrogens with zero attached hydrogens (tertiary/aromatic N) is 1. The molecule has 0 saturated carbocycles. The second-order valence-corrected chi connectivity index (χ2v) is 6.02. The topological polar surface area (TPSA) is 61.1 Å². The second kappa shape index (κ2) is 7.63. The van der Waals surface area contributed by atoms with Crippen molar-refractivity contribution in [2.75, 3.05) is 0 Å². The molecule has 0 aromatic heterocycles. The van der Waals surface area contributed by atoms with Crippen LogP contribution >= 0.6 is 11.6 Å². The lowest BCUT2D eigenvalue weighted by atomic mass is 9.95. The van der Waals surface area contributed by atoms with Gasteiger partial charge in [0.25, 0.3) is 0 Å². The fraction of sp³-hybridized carbons (Fsp3) is 0.158. The Morgan fingerprint density at radius 2 is 1.96 bits per heavy atom. The molecule has 26 heavy (non-hydrogen) atoms. The molecule has 0 bridgehead atoms. The number of carbonyl (C=O) groups is 1. The predicted molar refractivity (Wildman–Crippen MR) is 92.1 cm³/mol. The van der Waals surface area contributed by atoms with E-state index >= 15 is 0 Å². The predicted octanol–water partition coefficient (Wildman–Crippen LogP) is 5.58. The smallest absolute Gasteiger partial charge is 0.399 e. The van der Waals surface area contributed by atoms with Crippen LogP contribution in [0.25, 0.3) is 6.08 Å². The maximum absolute atomic E-state index is 13.4. The van der Waals surface area contributed by atoms with Gasteiger partial charge in [-0.05, 0) is 41.8 Å². The van der Waals surface area contributed by atoms with E-state index < -0.39 is 18.1 Å². The molecule has 7 heteroatoms. The molecule has 1 atom stereocenters. The third kappa shape index (κ3) is 4.44. The van der Waals surface area contributed by atoms with E-state index in [9.17, 15) is 18.0 Å². The molecule has 0 radical (unpaired) electrons. The van der Waals surface area contributed by atoms with Gasteiger partial charge in [-0.25, -0.2) is 4.79 Å². The summed E-state index contributed by atoms with van der Waals surface area (Å²) in [7, 11) is 0. The van der Waals surface area contributed by atoms with Gasteiger partial charge in [0.2, 0.25) is 0 Å². The molecule has 0 aliphatic rings. The van der Waals surface area contributed by atoms with Crippen molar-refractivity contribution in [2.24, 2.45) is 0 Å². The number of halogens is 4. The standard InChI is InChI=1S/C19H13ClF3NO2/c1-11-8-13(4-7-17(11)20)16(19(21,22)23)6-3-12-2-5-15(18(25)26)14(9-12)10-24/h2-9,16H,1H3,(H,25,26)/b6-3+. The summed E-state index contributed by atoms with van der Waals surface area (Å²) in [6.45, 7) is 1.62. The molecule has 2 aromatic carbocycles. The van der Waals surface area contributed by atoms with Gasteiger partial charge in [-0.2, -0.15) is 18.4 Å². The zero-order chi connectivity index (χ0) is 19.5. The lowest BCUT2D eigenvalue weighted by molar-refractivity contribution is -0.139. The monoisotopic (exact) mass is 379 g/mol. The molecule has 134 valence electrons. The highest BCUT2D eigenvalue weighted by Crippen LogP contribution is 2.37. The minimum Gasteiger partial charge on any atom is -0.478 e. The summed E-state index contributed by atoms with van der Waals surface area (Å²) in [6, 6.07) is 9.60. The zero-order valence-corrected chi connectivity index (χ0v) is 14.3. The summed E-state index contributed by atoms with van der Waals surface area (Å²) in [6.07, 6.45) is -2.33. The van der Waals surface area contributed by atoms with Gasteiger partial charge in [0.15, 0.2) is 0 Å². The molecule has 1 N–H and O–H groups in total. The SMILES string of the molecule is Cc1cc(C(/C=C/c2ccc(C(=O)O)c(C#N)c2)C(F)(F)F)ccc1Cl. The van der Waals surface area contributed by atoms with Crippen LogP contribution in [0.5, 0.6) is 0 Å². The lowest BCUT2D eigenvalue weighted by Crippen LogP contribution is -2.19. The van der Waals surface area contributed by atoms with Crippen LogP contribution in [0.3, 0.4) is 0 Å². The van der Waals surface area contributed by atoms with Crippen LogP contribution < -0.4 is 0 Å². The summed E-state index contributed by atoms with van der Waals surface area (Å²) in [5.41, 5.74) is 0.546. The normalized spacial score (nSPS) is 12.8. The molecule has 0 aliphatic heterocycles. The highest BCUT2D eigenvalue weighted by Gasteiger charge is 2.39. The minimum atomic E-state index is -4.52. The van der Waals surface area contributed by atoms with E-state index in [1.165, 1.54) is 42.5 Å². The molecular formula is C19H13ClF3NO2. The van der Waals surface area contributed by atoms with E-state index in [1.807, 2.05) is 0 Å². The third-order valence-electron chi connectivity index (χ3n) is 3.77. The van der Waals surface area contributed by atoms with E-state index in [-0.39, 0.29) is 16.7 Å². The first-order valence-corrected chi connectivity index (χ1v) is 7.79. The molecule has 2 aromatic rings. The van der Waals surface area contributed by atoms with Crippen molar-refractivity contribution in [1.29, 1.82) is 5.26 Å². The van der Waals surface area contributed by atoms with E-state index in [2.05, 4.69) is 0 Å². The number of hydrogen-bond acceptors (Lipinski definition) is 2. The minimum absolute atomic E-state index is 0.0401. The van der Waals surface area contributed by atoms with Crippen molar-refractivity contribution < 1.29 is 23.1 Å². The Hall–Kier alpha value is -2.78. The Kier molecular flexibility index (Phi) is 5.73. The van der Waals surface area contributed by atoms with Crippen molar-refractivity contribution in [2.45, 2.75) is 19.0 Å². The van der Waals surface area contributed by atoms with Crippen molar-refractivity contribution in [3.8, 4) is 6.07 Å². The molecule has 0 aliphatic carbocycles. The van der Waals surface area contributed by atoms with Gasteiger partial charge in [0, 0.05) is 5.02 Å². The highest BCUT2D eigenvalue weighted by atomic mass is 35.5. The Bertz CT molecular complexity index is 914. The number of carboxylic acid groups (broad SMARTS) is 1. The summed E-state index contributed by atoms with van der Waals surface area (Å²) in [5.74, 6) is -3.13. The molecule has 0 fully saturated rings. The first kappa shape index (κ1) is 19.5. The Labute approximate surface area is 153 Å². The number of hydrogen-bond donors (Lipinski definition) is 1. The van der Waals surface area contributed by atoms with Crippen molar-refractivity contribution >= 4 is 23.6 Å². The first-order chi connectivity index (χ1) is 12.1. The quantitative estimate of drug-likeness (QED) is 0.754. The summed E-state index contributed by atoms with van der Waals surface area (Å²) < 4.78 is 40.3. The van der Waals surface area contributed by atoms with Crippen LogP contribution in [0.2, 0.25) is 5.02 Å². The van der Waals surface area contributed by atoms with Crippen molar-refractivity contribution in [3.63, 3.8) is 0 Å². The molecule has 2 rings (SSSR count). The number of aryl methyl sites for hydroxylation is 1. The number of rotatable bonds is 4. The van der Waals surface area contributed by atoms with E-state index in [0.29, 0.717) is 16.1 Å². The van der Waals surface area contributed by atoms with Gasteiger partial charge in [0.1, 0.15) is 6.07 Å². The van der Waals surface area contributed by atoms with E-state index in [0.717, 1.165) is 6.08 Å². The van der Waals surface area contributed by atoms with E-state index in [1.54, 1.807) is 13.0 Å². The molecule has 0 amide bonds. The molecule has 0 heterocycles. The summed E-state index contributed by atoms with van der Waals surface area (Å²) >= 11 is 5.87. The van der Waals surface area contributed by atoms with Crippen LogP contribution in [-0.4, -0.2) is 17.3 Å². The Balaban J connectivity index is 2.42. The van der Waals surface area contributed by atoms with Crippen molar-refractivity contribution in [1.82, 2.24) is 0 Å². The summed E-state index contributed by atoms with van der Waals surface area (Å²) in [5, 5.41) is 18.4. The molecule has 0 saturated heterocycles. The van der Waals surface area contributed by atoms with Crippen LogP contribution in [0.1, 0.15) is 38.5 Å². The Morgan fingerprint density at radius 1 is 1.27 bits per heavy atom. The maximum atomic E-state index is 13.4. The van der Waals surface area contributed by atoms with Gasteiger partial charge >= 0.3 is 12.1 Å². The maximum Gasteiger partial charge on any atom is 0.399 e. The van der Waals surface area contributed by atoms with Crippen LogP contribution in [0.4, 0.5) is 13.2 Å². The van der Waals surface area contributed by atoms with Gasteiger partial charge in [-0.1, -0.05) is 42.0 Å². The molecule has 0 spiro atoms. The average molecular weight is 380 g/mol. The third-order valence-corrected chi connectivity index (χ3v) is 4.19. The lowest BCUT2D eigenvalue weighted by Gasteiger charge is -2.18. The number of aromatic carboxylic acids is 1. The van der Waals surface area contributed by atoms with Gasteiger partial charge in [-0.15, -0.1) is 0 Å². The zero-order valence-electron chi connectivity index (χ0n) is 13.5. The number of allylic oxidation sites excluding steroid dienone is 1. The van der Waals surface area contributed by atoms with Gasteiger partial charge in [0.05, 0.1) is 17.0 Å². The van der Waals surface area contributed by atoms with Crippen LogP contribution in [-0.2, 0) is 0 Å². The van der Waals surface area contributed by atoms with Crippen LogP contribution in [0, 0.1) is 18.3 Å². The number of carboxylic acids is 1. The fourth-order valence-corrected chi connectivity index (χ4v) is 2.54. The number of nitriles is 1. The van der Waals surface area contributed by atoms with Crippen molar-refractivity contribution in [3.05, 3.63) is 75.3 Å². The van der Waals surface area contributed by atoms with E-state index in [4.69, 9.17) is 22.0 Å². The number of alkyl halides is 3. The second-order valence-electron chi connectivity index (χ2n) is 5.61. The van der Waals surface area contributed by atoms with Gasteiger partial charge in [-0.3, -0.25) is 0 Å². The largest absolute Gasteiger partial charge is 0.478 e. The molecule has 1 unspecified atom stereocenters. The first-order valence-electron chi connectivity index (χ1n) is 7.42.